The third kappa shape index (κ3) is 6.24. The maximum absolute atomic E-state index is 5.58. The van der Waals surface area contributed by atoms with Crippen molar-refractivity contribution >= 4 is 56.3 Å². The van der Waals surface area contributed by atoms with Crippen LogP contribution in [0.5, 0.6) is 0 Å². The molecule has 1 aliphatic heterocycles. The highest BCUT2D eigenvalue weighted by molar-refractivity contribution is 6.97. The van der Waals surface area contributed by atoms with E-state index in [4.69, 9.17) is 10.1 Å². The summed E-state index contributed by atoms with van der Waals surface area (Å²) in [5.74, 6) is 0.884. The van der Waals surface area contributed by atoms with Gasteiger partial charge in [-0.25, -0.2) is 9.67 Å². The van der Waals surface area contributed by atoms with Gasteiger partial charge in [-0.15, -0.1) is 0 Å². The molecule has 284 valence electrons. The predicted molar refractivity (Wildman–Crippen MR) is 250 cm³/mol. The normalized spacial score (nSPS) is 12.5. The van der Waals surface area contributed by atoms with Crippen molar-refractivity contribution in [1.82, 2.24) is 19.3 Å². The maximum Gasteiger partial charge on any atom is 0.247 e. The Kier molecular flexibility index (Phi) is 8.89. The van der Waals surface area contributed by atoms with Gasteiger partial charge in [-0.2, -0.15) is 5.10 Å². The summed E-state index contributed by atoms with van der Waals surface area (Å²) in [6.45, 7) is 0.481. The Morgan fingerprint density at radius 2 is 1.05 bits per heavy atom. The zero-order chi connectivity index (χ0) is 39.8. The number of rotatable bonds is 9. The number of hydrogen-bond acceptors (Lipinski definition) is 4. The molecule has 3 aromatic heterocycles. The van der Waals surface area contributed by atoms with Crippen LogP contribution in [0.1, 0.15) is 0 Å². The van der Waals surface area contributed by atoms with Crippen molar-refractivity contribution in [3.8, 4) is 34.0 Å². The topological polar surface area (TPSA) is 42.1 Å². The first kappa shape index (κ1) is 35.3. The van der Waals surface area contributed by atoms with Crippen molar-refractivity contribution in [3.63, 3.8) is 0 Å². The smallest absolute Gasteiger partial charge is 0.247 e. The summed E-state index contributed by atoms with van der Waals surface area (Å²) in [6, 6.07) is 73.3. The van der Waals surface area contributed by atoms with Gasteiger partial charge < -0.3 is 9.80 Å². The Morgan fingerprint density at radius 1 is 0.450 bits per heavy atom. The number of aromatic nitrogens is 4. The number of hydrogen-bond donors (Lipinski definition) is 0. The van der Waals surface area contributed by atoms with Crippen LogP contribution >= 0.6 is 0 Å². The van der Waals surface area contributed by atoms with Gasteiger partial charge in [-0.1, -0.05) is 157 Å². The summed E-state index contributed by atoms with van der Waals surface area (Å²) in [5.41, 5.74) is 13.1. The molecule has 6 nitrogen and oxygen atoms in total. The summed E-state index contributed by atoms with van der Waals surface area (Å²) in [6.07, 6.45) is 6.21. The molecular formula is C53H39BN6. The molecule has 0 saturated heterocycles. The van der Waals surface area contributed by atoms with E-state index in [9.17, 15) is 0 Å². The van der Waals surface area contributed by atoms with Crippen LogP contribution in [0.4, 0.5) is 11.4 Å². The van der Waals surface area contributed by atoms with Crippen LogP contribution < -0.4 is 26.2 Å². The quantitative estimate of drug-likeness (QED) is 0.137. The molecule has 0 spiro atoms. The zero-order valence-electron chi connectivity index (χ0n) is 32.8. The fourth-order valence-electron chi connectivity index (χ4n) is 8.83. The maximum atomic E-state index is 5.58. The molecule has 60 heavy (non-hydrogen) atoms. The van der Waals surface area contributed by atoms with Gasteiger partial charge in [-0.05, 0) is 71.7 Å². The molecule has 7 aromatic carbocycles. The molecular weight excluding hydrogens is 731 g/mol. The van der Waals surface area contributed by atoms with Crippen molar-refractivity contribution in [2.75, 3.05) is 16.5 Å². The monoisotopic (exact) mass is 770 g/mol. The SMILES string of the molecule is C1=CN(c2cccc(B(c3ccc4c5ccccc5n(-c5ccccn5)c4c3)c3c(-c4ccccc4)nn(-c4ccccc4)c3-c3ccccc3)c2)CN1c1ccccc1. The van der Waals surface area contributed by atoms with E-state index < -0.39 is 0 Å². The van der Waals surface area contributed by atoms with Crippen LogP contribution in [-0.2, 0) is 0 Å². The Balaban J connectivity index is 1.19. The van der Waals surface area contributed by atoms with E-state index in [1.807, 2.05) is 12.3 Å². The molecule has 0 aliphatic carbocycles. The molecule has 0 atom stereocenters. The Labute approximate surface area is 349 Å². The van der Waals surface area contributed by atoms with E-state index in [0.717, 1.165) is 67.4 Å². The Hall–Kier alpha value is -7.90. The average Bonchev–Trinajstić information content (AvgIpc) is 4.06. The van der Waals surface area contributed by atoms with Crippen LogP contribution in [-0.4, -0.2) is 32.7 Å². The highest BCUT2D eigenvalue weighted by Crippen LogP contribution is 2.33. The molecule has 0 bridgehead atoms. The van der Waals surface area contributed by atoms with Gasteiger partial charge in [0, 0.05) is 46.3 Å². The van der Waals surface area contributed by atoms with Crippen molar-refractivity contribution < 1.29 is 0 Å². The summed E-state index contributed by atoms with van der Waals surface area (Å²) in [5, 5.41) is 7.95. The number of nitrogens with zero attached hydrogens (tertiary/aromatic N) is 6. The van der Waals surface area contributed by atoms with Crippen LogP contribution in [0, 0.1) is 0 Å². The number of fused-ring (bicyclic) bond motifs is 3. The summed E-state index contributed by atoms with van der Waals surface area (Å²) in [7, 11) is 0. The fraction of sp³-hybridized carbons (Fsp3) is 0.0189. The molecule has 0 N–H and O–H groups in total. The number of anilines is 2. The molecule has 10 aromatic rings. The molecule has 0 fully saturated rings. The highest BCUT2D eigenvalue weighted by Gasteiger charge is 2.34. The van der Waals surface area contributed by atoms with E-state index in [-0.39, 0.29) is 6.71 Å². The van der Waals surface area contributed by atoms with Gasteiger partial charge in [0.25, 0.3) is 0 Å². The lowest BCUT2D eigenvalue weighted by molar-refractivity contribution is 0.892. The molecule has 7 heteroatoms. The first-order valence-corrected chi connectivity index (χ1v) is 20.4. The first-order chi connectivity index (χ1) is 29.8. The summed E-state index contributed by atoms with van der Waals surface area (Å²) >= 11 is 0. The van der Waals surface area contributed by atoms with E-state index in [1.165, 1.54) is 16.2 Å². The van der Waals surface area contributed by atoms with Crippen LogP contribution in [0.3, 0.4) is 0 Å². The third-order valence-corrected chi connectivity index (χ3v) is 11.6. The van der Waals surface area contributed by atoms with Crippen molar-refractivity contribution in [1.29, 1.82) is 0 Å². The van der Waals surface area contributed by atoms with Gasteiger partial charge in [0.2, 0.25) is 6.71 Å². The molecule has 11 rings (SSSR count). The molecule has 4 heterocycles. The second-order valence-corrected chi connectivity index (χ2v) is 15.2. The van der Waals surface area contributed by atoms with Crippen LogP contribution in [0.2, 0.25) is 0 Å². The summed E-state index contributed by atoms with van der Waals surface area (Å²) in [4.78, 5) is 9.47. The predicted octanol–water partition coefficient (Wildman–Crippen LogP) is 9.97. The molecule has 0 amide bonds. The van der Waals surface area contributed by atoms with Gasteiger partial charge in [-0.3, -0.25) is 4.57 Å². The molecule has 1 aliphatic rings. The molecule has 0 unspecified atom stereocenters. The van der Waals surface area contributed by atoms with Gasteiger partial charge in [0.05, 0.1) is 34.8 Å². The standard InChI is InChI=1S/C53H39BN6/c1-5-18-39(19-6-1)52-51(53(40-20-7-2-8-21-40)60(56-52)44-25-11-4-12-26-44)54(41-22-17-27-45(36-41)58-35-34-57(38-58)43-23-9-3-10-24-43)42-31-32-47-46-28-13-14-29-48(46)59(49(47)37-42)50-30-15-16-33-55-50/h1-37H,38H2. The average molecular weight is 771 g/mol. The van der Waals surface area contributed by atoms with Gasteiger partial charge >= 0.3 is 0 Å². The van der Waals surface area contributed by atoms with Crippen LogP contribution in [0.15, 0.2) is 225 Å². The lowest BCUT2D eigenvalue weighted by Crippen LogP contribution is -2.53. The second-order valence-electron chi connectivity index (χ2n) is 15.2. The third-order valence-electron chi connectivity index (χ3n) is 11.6. The molecule has 0 saturated carbocycles. The molecule has 0 radical (unpaired) electrons. The lowest BCUT2D eigenvalue weighted by Gasteiger charge is -2.24. The number of benzene rings is 7. The minimum Gasteiger partial charge on any atom is -0.328 e. The highest BCUT2D eigenvalue weighted by atomic mass is 15.3. The van der Waals surface area contributed by atoms with Gasteiger partial charge in [0.15, 0.2) is 0 Å². The summed E-state index contributed by atoms with van der Waals surface area (Å²) < 4.78 is 4.45. The van der Waals surface area contributed by atoms with Crippen molar-refractivity contribution in [2.24, 2.45) is 0 Å². The van der Waals surface area contributed by atoms with E-state index in [2.05, 4.69) is 232 Å². The minimum absolute atomic E-state index is 0.232. The van der Waals surface area contributed by atoms with Crippen molar-refractivity contribution in [2.45, 2.75) is 0 Å². The lowest BCUT2D eigenvalue weighted by atomic mass is 9.36. The van der Waals surface area contributed by atoms with E-state index >= 15 is 0 Å². The second kappa shape index (κ2) is 15.1. The number of para-hydroxylation sites is 3. The first-order valence-electron chi connectivity index (χ1n) is 20.4. The van der Waals surface area contributed by atoms with E-state index in [1.54, 1.807) is 0 Å². The van der Waals surface area contributed by atoms with Crippen molar-refractivity contribution in [3.05, 3.63) is 225 Å². The van der Waals surface area contributed by atoms with Crippen LogP contribution in [0.25, 0.3) is 55.8 Å². The number of pyridine rings is 1. The largest absolute Gasteiger partial charge is 0.328 e. The fourth-order valence-corrected chi connectivity index (χ4v) is 8.83. The zero-order valence-corrected chi connectivity index (χ0v) is 32.8. The Bertz CT molecular complexity index is 3130. The van der Waals surface area contributed by atoms with Gasteiger partial charge in [0.1, 0.15) is 5.82 Å². The minimum atomic E-state index is -0.232. The Morgan fingerprint density at radius 3 is 1.78 bits per heavy atom. The van der Waals surface area contributed by atoms with E-state index in [0.29, 0.717) is 6.67 Å².